The molecule has 1 atom stereocenters. The minimum atomic E-state index is 0. The number of halogens is 1. The molecule has 0 radical (unpaired) electrons. The molecule has 1 amide bonds. The fourth-order valence-corrected chi connectivity index (χ4v) is 2.62. The van der Waals surface area contributed by atoms with Crippen molar-refractivity contribution in [1.82, 2.24) is 15.3 Å². The van der Waals surface area contributed by atoms with Gasteiger partial charge in [-0.05, 0) is 44.0 Å². The molecule has 0 bridgehead atoms. The van der Waals surface area contributed by atoms with Crippen molar-refractivity contribution >= 4 is 24.0 Å². The Hall–Kier alpha value is -2.18. The Morgan fingerprint density at radius 2 is 2.29 bits per heavy atom. The average Bonchev–Trinajstić information content (AvgIpc) is 3.08. The number of hydrogen-bond donors (Lipinski definition) is 2. The van der Waals surface area contributed by atoms with Crippen molar-refractivity contribution < 1.29 is 9.53 Å². The predicted octanol–water partition coefficient (Wildman–Crippen LogP) is 3.02. The van der Waals surface area contributed by atoms with Crippen molar-refractivity contribution in [3.05, 3.63) is 42.9 Å². The number of carbonyl (C=O) groups is 1. The van der Waals surface area contributed by atoms with Gasteiger partial charge in [-0.1, -0.05) is 6.07 Å². The summed E-state index contributed by atoms with van der Waals surface area (Å²) in [5, 5.41) is 6.23. The monoisotopic (exact) mass is 348 g/mol. The molecule has 0 aliphatic carbocycles. The highest BCUT2D eigenvalue weighted by Gasteiger charge is 2.15. The Morgan fingerprint density at radius 1 is 1.38 bits per heavy atom. The number of hydrogen-bond acceptors (Lipinski definition) is 5. The Labute approximate surface area is 147 Å². The number of aromatic nitrogens is 2. The Kier molecular flexibility index (Phi) is 6.96. The lowest BCUT2D eigenvalue weighted by molar-refractivity contribution is -0.116. The van der Waals surface area contributed by atoms with Crippen molar-refractivity contribution in [3.8, 4) is 11.6 Å². The quantitative estimate of drug-likeness (QED) is 0.839. The lowest BCUT2D eigenvalue weighted by atomic mass is 10.0. The summed E-state index contributed by atoms with van der Waals surface area (Å²) in [5.41, 5.74) is 0.723. The van der Waals surface area contributed by atoms with E-state index in [0.29, 0.717) is 24.0 Å². The summed E-state index contributed by atoms with van der Waals surface area (Å²) in [5.74, 6) is 1.69. The van der Waals surface area contributed by atoms with Crippen molar-refractivity contribution in [2.75, 3.05) is 18.4 Å². The number of nitrogens with one attached hydrogen (secondary N) is 2. The van der Waals surface area contributed by atoms with Crippen LogP contribution in [0.25, 0.3) is 0 Å². The summed E-state index contributed by atoms with van der Waals surface area (Å²) >= 11 is 0. The number of rotatable bonds is 6. The number of benzene rings is 1. The van der Waals surface area contributed by atoms with Gasteiger partial charge in [0.15, 0.2) is 0 Å². The maximum Gasteiger partial charge on any atom is 0.237 e. The molecular weight excluding hydrogens is 328 g/mol. The minimum Gasteiger partial charge on any atom is -0.437 e. The van der Waals surface area contributed by atoms with E-state index in [9.17, 15) is 4.79 Å². The average molecular weight is 349 g/mol. The molecule has 1 unspecified atom stereocenters. The van der Waals surface area contributed by atoms with Gasteiger partial charge in [-0.2, -0.15) is 0 Å². The standard InChI is InChI=1S/C17H20N4O2.ClH/c22-16(5-4-13-6-7-18-11-13)21-14-2-1-3-15(10-14)23-17-12-19-8-9-20-17;/h1-3,8-10,12-13,18H,4-7,11H2,(H,21,22);1H. The molecule has 128 valence electrons. The molecule has 1 aliphatic rings. The fraction of sp³-hybridized carbons (Fsp3) is 0.353. The summed E-state index contributed by atoms with van der Waals surface area (Å²) in [6.07, 6.45) is 7.33. The first-order valence-electron chi connectivity index (χ1n) is 7.84. The predicted molar refractivity (Wildman–Crippen MR) is 94.6 cm³/mol. The third-order valence-electron chi connectivity index (χ3n) is 3.82. The number of nitrogens with zero attached hydrogens (tertiary/aromatic N) is 2. The van der Waals surface area contributed by atoms with Crippen molar-refractivity contribution in [1.29, 1.82) is 0 Å². The highest BCUT2D eigenvalue weighted by molar-refractivity contribution is 5.90. The van der Waals surface area contributed by atoms with E-state index in [0.717, 1.165) is 31.6 Å². The van der Waals surface area contributed by atoms with Crippen LogP contribution in [0.5, 0.6) is 11.6 Å². The van der Waals surface area contributed by atoms with Gasteiger partial charge < -0.3 is 15.4 Å². The molecule has 1 aromatic heterocycles. The van der Waals surface area contributed by atoms with Crippen LogP contribution in [-0.4, -0.2) is 29.0 Å². The van der Waals surface area contributed by atoms with E-state index in [1.165, 1.54) is 0 Å². The van der Waals surface area contributed by atoms with Gasteiger partial charge in [-0.3, -0.25) is 9.78 Å². The topological polar surface area (TPSA) is 76.1 Å². The highest BCUT2D eigenvalue weighted by Crippen LogP contribution is 2.22. The lowest BCUT2D eigenvalue weighted by Gasteiger charge is -2.10. The zero-order valence-electron chi connectivity index (χ0n) is 13.3. The van der Waals surface area contributed by atoms with Gasteiger partial charge in [-0.25, -0.2) is 4.98 Å². The van der Waals surface area contributed by atoms with Crippen molar-refractivity contribution in [2.24, 2.45) is 5.92 Å². The third-order valence-corrected chi connectivity index (χ3v) is 3.82. The maximum atomic E-state index is 12.0. The molecule has 2 aromatic rings. The lowest BCUT2D eigenvalue weighted by Crippen LogP contribution is -2.15. The van der Waals surface area contributed by atoms with Crippen LogP contribution >= 0.6 is 12.4 Å². The van der Waals surface area contributed by atoms with E-state index in [2.05, 4.69) is 20.6 Å². The fourth-order valence-electron chi connectivity index (χ4n) is 2.62. The first kappa shape index (κ1) is 18.2. The van der Waals surface area contributed by atoms with Crippen LogP contribution in [0.3, 0.4) is 0 Å². The van der Waals surface area contributed by atoms with Crippen LogP contribution < -0.4 is 15.4 Å². The van der Waals surface area contributed by atoms with Gasteiger partial charge in [0.2, 0.25) is 11.8 Å². The number of ether oxygens (including phenoxy) is 1. The van der Waals surface area contributed by atoms with Crippen LogP contribution in [0.1, 0.15) is 19.3 Å². The molecule has 1 saturated heterocycles. The van der Waals surface area contributed by atoms with Gasteiger partial charge >= 0.3 is 0 Å². The van der Waals surface area contributed by atoms with Crippen LogP contribution in [0.4, 0.5) is 5.69 Å². The van der Waals surface area contributed by atoms with E-state index in [1.54, 1.807) is 24.7 Å². The molecule has 2 N–H and O–H groups in total. The first-order valence-corrected chi connectivity index (χ1v) is 7.84. The normalized spacial score (nSPS) is 16.2. The summed E-state index contributed by atoms with van der Waals surface area (Å²) in [6.45, 7) is 2.09. The SMILES string of the molecule is Cl.O=C(CCC1CCNC1)Nc1cccc(Oc2cnccn2)c1. The number of carbonyl (C=O) groups excluding carboxylic acids is 1. The molecule has 3 rings (SSSR count). The molecule has 6 nitrogen and oxygen atoms in total. The third kappa shape index (κ3) is 5.47. The zero-order chi connectivity index (χ0) is 15.9. The molecule has 1 aliphatic heterocycles. The molecule has 2 heterocycles. The maximum absolute atomic E-state index is 12.0. The molecule has 1 fully saturated rings. The van der Waals surface area contributed by atoms with E-state index in [4.69, 9.17) is 4.74 Å². The second-order valence-corrected chi connectivity index (χ2v) is 5.62. The Balaban J connectivity index is 0.00000208. The second-order valence-electron chi connectivity index (χ2n) is 5.62. The van der Waals surface area contributed by atoms with Gasteiger partial charge in [0.25, 0.3) is 0 Å². The highest BCUT2D eigenvalue weighted by atomic mass is 35.5. The number of anilines is 1. The minimum absolute atomic E-state index is 0. The van der Waals surface area contributed by atoms with Crippen molar-refractivity contribution in [3.63, 3.8) is 0 Å². The van der Waals surface area contributed by atoms with E-state index in [1.807, 2.05) is 18.2 Å². The molecule has 24 heavy (non-hydrogen) atoms. The summed E-state index contributed by atoms with van der Waals surface area (Å²) in [4.78, 5) is 20.1. The van der Waals surface area contributed by atoms with Crippen LogP contribution in [-0.2, 0) is 4.79 Å². The van der Waals surface area contributed by atoms with Crippen LogP contribution in [0, 0.1) is 5.92 Å². The van der Waals surface area contributed by atoms with E-state index < -0.39 is 0 Å². The molecular formula is C17H21ClN4O2. The van der Waals surface area contributed by atoms with Gasteiger partial charge in [0, 0.05) is 30.6 Å². The first-order chi connectivity index (χ1) is 11.3. The molecule has 7 heteroatoms. The summed E-state index contributed by atoms with van der Waals surface area (Å²) in [6, 6.07) is 7.28. The Bertz CT molecular complexity index is 648. The van der Waals surface area contributed by atoms with E-state index in [-0.39, 0.29) is 18.3 Å². The molecule has 0 spiro atoms. The number of amides is 1. The van der Waals surface area contributed by atoms with Crippen molar-refractivity contribution in [2.45, 2.75) is 19.3 Å². The van der Waals surface area contributed by atoms with Crippen LogP contribution in [0.2, 0.25) is 0 Å². The van der Waals surface area contributed by atoms with Gasteiger partial charge in [0.05, 0.1) is 6.20 Å². The summed E-state index contributed by atoms with van der Waals surface area (Å²) in [7, 11) is 0. The second kappa shape index (κ2) is 9.20. The molecule has 1 aromatic carbocycles. The zero-order valence-corrected chi connectivity index (χ0v) is 14.1. The van der Waals surface area contributed by atoms with Gasteiger partial charge in [0.1, 0.15) is 5.75 Å². The summed E-state index contributed by atoms with van der Waals surface area (Å²) < 4.78 is 5.61. The van der Waals surface area contributed by atoms with Crippen LogP contribution in [0.15, 0.2) is 42.9 Å². The van der Waals surface area contributed by atoms with Gasteiger partial charge in [-0.15, -0.1) is 12.4 Å². The smallest absolute Gasteiger partial charge is 0.237 e. The van der Waals surface area contributed by atoms with E-state index >= 15 is 0 Å². The Morgan fingerprint density at radius 3 is 3.04 bits per heavy atom. The molecule has 0 saturated carbocycles. The largest absolute Gasteiger partial charge is 0.437 e.